The van der Waals surface area contributed by atoms with E-state index < -0.39 is 0 Å². The van der Waals surface area contributed by atoms with Crippen molar-refractivity contribution in [3.8, 4) is 0 Å². The van der Waals surface area contributed by atoms with Crippen molar-refractivity contribution < 1.29 is 4.79 Å². The molecular weight excluding hydrogens is 332 g/mol. The number of hydrogen-bond acceptors (Lipinski definition) is 4. The molecule has 2 N–H and O–H groups in total. The summed E-state index contributed by atoms with van der Waals surface area (Å²) in [6, 6.07) is 5.43. The first kappa shape index (κ1) is 16.3. The molecule has 5 nitrogen and oxygen atoms in total. The quantitative estimate of drug-likeness (QED) is 0.829. The molecule has 1 aliphatic rings. The lowest BCUT2D eigenvalue weighted by Gasteiger charge is -2.35. The maximum absolute atomic E-state index is 12.6. The number of halogens is 1. The molecule has 2 rings (SSSR count). The van der Waals surface area contributed by atoms with Gasteiger partial charge in [-0.2, -0.15) is 0 Å². The van der Waals surface area contributed by atoms with Crippen LogP contribution in [0.5, 0.6) is 0 Å². The number of nitrogen functional groups attached to an aromatic ring is 1. The van der Waals surface area contributed by atoms with Gasteiger partial charge in [-0.1, -0.05) is 6.07 Å². The van der Waals surface area contributed by atoms with E-state index in [9.17, 15) is 4.79 Å². The first-order chi connectivity index (χ1) is 9.99. The Kier molecular flexibility index (Phi) is 5.61. The zero-order valence-corrected chi connectivity index (χ0v) is 14.3. The Hall–Kier alpha value is -1.11. The van der Waals surface area contributed by atoms with Crippen LogP contribution in [-0.4, -0.2) is 74.0 Å². The Bertz CT molecular complexity index is 498. The summed E-state index contributed by atoms with van der Waals surface area (Å²) in [6.45, 7) is 5.51. The van der Waals surface area contributed by atoms with E-state index in [1.165, 1.54) is 0 Å². The maximum atomic E-state index is 12.6. The van der Waals surface area contributed by atoms with Crippen LogP contribution in [0.3, 0.4) is 0 Å². The van der Waals surface area contributed by atoms with Crippen LogP contribution in [-0.2, 0) is 0 Å². The monoisotopic (exact) mass is 354 g/mol. The van der Waals surface area contributed by atoms with Gasteiger partial charge in [0.05, 0.1) is 10.0 Å². The van der Waals surface area contributed by atoms with Crippen molar-refractivity contribution in [2.24, 2.45) is 0 Å². The third-order valence-corrected chi connectivity index (χ3v) is 4.67. The van der Waals surface area contributed by atoms with Gasteiger partial charge in [0, 0.05) is 45.0 Å². The minimum atomic E-state index is 0.0569. The van der Waals surface area contributed by atoms with Crippen molar-refractivity contribution in [1.29, 1.82) is 0 Å². The second-order valence-electron chi connectivity index (χ2n) is 5.65. The number of rotatable bonds is 4. The summed E-state index contributed by atoms with van der Waals surface area (Å²) in [5, 5.41) is 0. The number of piperazine rings is 1. The first-order valence-corrected chi connectivity index (χ1v) is 7.98. The number of anilines is 1. The fraction of sp³-hybridized carbons (Fsp3) is 0.533. The summed E-state index contributed by atoms with van der Waals surface area (Å²) < 4.78 is 0.699. The van der Waals surface area contributed by atoms with Gasteiger partial charge in [0.15, 0.2) is 0 Å². The Morgan fingerprint density at radius 2 is 1.95 bits per heavy atom. The molecule has 0 radical (unpaired) electrons. The minimum Gasteiger partial charge on any atom is -0.398 e. The van der Waals surface area contributed by atoms with Gasteiger partial charge in [-0.3, -0.25) is 9.69 Å². The fourth-order valence-electron chi connectivity index (χ4n) is 2.40. The van der Waals surface area contributed by atoms with Crippen molar-refractivity contribution in [2.45, 2.75) is 0 Å². The molecule has 1 fully saturated rings. The van der Waals surface area contributed by atoms with E-state index in [1.54, 1.807) is 6.07 Å². The standard InChI is InChI=1S/C15H23BrN4O/c1-18(2)6-7-19-8-10-20(11-9-19)15(21)12-4-3-5-13(17)14(12)16/h3-5H,6-11,17H2,1-2H3. The molecule has 1 heterocycles. The highest BCUT2D eigenvalue weighted by atomic mass is 79.9. The molecule has 0 atom stereocenters. The largest absolute Gasteiger partial charge is 0.398 e. The number of benzene rings is 1. The lowest BCUT2D eigenvalue weighted by atomic mass is 10.1. The predicted molar refractivity (Wildman–Crippen MR) is 89.5 cm³/mol. The van der Waals surface area contributed by atoms with E-state index in [4.69, 9.17) is 5.73 Å². The van der Waals surface area contributed by atoms with Crippen LogP contribution in [0.2, 0.25) is 0 Å². The van der Waals surface area contributed by atoms with Crippen molar-refractivity contribution >= 4 is 27.5 Å². The molecule has 1 aliphatic heterocycles. The van der Waals surface area contributed by atoms with E-state index in [2.05, 4.69) is 39.8 Å². The van der Waals surface area contributed by atoms with Gasteiger partial charge in [0.2, 0.25) is 0 Å². The molecule has 1 aromatic rings. The van der Waals surface area contributed by atoms with E-state index in [1.807, 2.05) is 17.0 Å². The summed E-state index contributed by atoms with van der Waals surface area (Å²) in [4.78, 5) is 19.1. The van der Waals surface area contributed by atoms with Crippen LogP contribution in [0.4, 0.5) is 5.69 Å². The summed E-state index contributed by atoms with van der Waals surface area (Å²) in [7, 11) is 4.16. The van der Waals surface area contributed by atoms with Gasteiger partial charge >= 0.3 is 0 Å². The Labute approximate surface area is 134 Å². The molecular formula is C15H23BrN4O. The zero-order valence-electron chi connectivity index (χ0n) is 12.7. The molecule has 0 bridgehead atoms. The smallest absolute Gasteiger partial charge is 0.255 e. The molecule has 0 aliphatic carbocycles. The molecule has 1 saturated heterocycles. The molecule has 0 unspecified atom stereocenters. The molecule has 6 heteroatoms. The van der Waals surface area contributed by atoms with E-state index in [-0.39, 0.29) is 5.91 Å². The molecule has 0 aromatic heterocycles. The van der Waals surface area contributed by atoms with Gasteiger partial charge < -0.3 is 15.5 Å². The third kappa shape index (κ3) is 4.18. The van der Waals surface area contributed by atoms with Gasteiger partial charge in [-0.05, 0) is 42.2 Å². The average Bonchev–Trinajstić information content (AvgIpc) is 2.48. The van der Waals surface area contributed by atoms with Gasteiger partial charge in [0.1, 0.15) is 0 Å². The molecule has 116 valence electrons. The minimum absolute atomic E-state index is 0.0569. The number of likely N-dealkylation sites (N-methyl/N-ethyl adjacent to an activating group) is 1. The maximum Gasteiger partial charge on any atom is 0.255 e. The van der Waals surface area contributed by atoms with Crippen LogP contribution >= 0.6 is 15.9 Å². The van der Waals surface area contributed by atoms with Crippen molar-refractivity contribution in [3.63, 3.8) is 0 Å². The first-order valence-electron chi connectivity index (χ1n) is 7.19. The van der Waals surface area contributed by atoms with Crippen molar-refractivity contribution in [2.75, 3.05) is 59.1 Å². The highest BCUT2D eigenvalue weighted by Gasteiger charge is 2.23. The van der Waals surface area contributed by atoms with E-state index in [0.717, 1.165) is 39.3 Å². The van der Waals surface area contributed by atoms with Crippen LogP contribution < -0.4 is 5.73 Å². The topological polar surface area (TPSA) is 52.8 Å². The van der Waals surface area contributed by atoms with Gasteiger partial charge in [-0.25, -0.2) is 0 Å². The van der Waals surface area contributed by atoms with Crippen LogP contribution in [0.1, 0.15) is 10.4 Å². The lowest BCUT2D eigenvalue weighted by molar-refractivity contribution is 0.0629. The Balaban J connectivity index is 1.93. The number of carbonyl (C=O) groups is 1. The summed E-state index contributed by atoms with van der Waals surface area (Å²) in [5.41, 5.74) is 7.10. The number of nitrogens with two attached hydrogens (primary N) is 1. The number of hydrogen-bond donors (Lipinski definition) is 1. The van der Waals surface area contributed by atoms with Gasteiger partial charge in [-0.15, -0.1) is 0 Å². The summed E-state index contributed by atoms with van der Waals surface area (Å²) in [6.07, 6.45) is 0. The molecule has 0 spiro atoms. The second-order valence-corrected chi connectivity index (χ2v) is 6.44. The van der Waals surface area contributed by atoms with Crippen LogP contribution in [0.15, 0.2) is 22.7 Å². The zero-order chi connectivity index (χ0) is 15.4. The number of amides is 1. The Morgan fingerprint density at radius 3 is 2.57 bits per heavy atom. The Morgan fingerprint density at radius 1 is 1.29 bits per heavy atom. The van der Waals surface area contributed by atoms with E-state index in [0.29, 0.717) is 15.7 Å². The van der Waals surface area contributed by atoms with Gasteiger partial charge in [0.25, 0.3) is 5.91 Å². The molecule has 0 saturated carbocycles. The van der Waals surface area contributed by atoms with Crippen molar-refractivity contribution in [3.05, 3.63) is 28.2 Å². The molecule has 1 aromatic carbocycles. The van der Waals surface area contributed by atoms with Crippen molar-refractivity contribution in [1.82, 2.24) is 14.7 Å². The van der Waals surface area contributed by atoms with Crippen LogP contribution in [0.25, 0.3) is 0 Å². The second kappa shape index (κ2) is 7.24. The molecule has 21 heavy (non-hydrogen) atoms. The normalized spacial score (nSPS) is 16.5. The highest BCUT2D eigenvalue weighted by Crippen LogP contribution is 2.25. The SMILES string of the molecule is CN(C)CCN1CCN(C(=O)c2cccc(N)c2Br)CC1. The summed E-state index contributed by atoms with van der Waals surface area (Å²) in [5.74, 6) is 0.0569. The van der Waals surface area contributed by atoms with E-state index >= 15 is 0 Å². The third-order valence-electron chi connectivity index (χ3n) is 3.78. The predicted octanol–water partition coefficient (Wildman–Crippen LogP) is 1.35. The number of nitrogens with zero attached hydrogens (tertiary/aromatic N) is 3. The summed E-state index contributed by atoms with van der Waals surface area (Å²) >= 11 is 3.41. The highest BCUT2D eigenvalue weighted by molar-refractivity contribution is 9.10. The van der Waals surface area contributed by atoms with Crippen LogP contribution in [0, 0.1) is 0 Å². The average molecular weight is 355 g/mol. The molecule has 1 amide bonds. The number of carbonyl (C=O) groups excluding carboxylic acids is 1. The lowest BCUT2D eigenvalue weighted by Crippen LogP contribution is -2.50. The fourth-order valence-corrected chi connectivity index (χ4v) is 2.84.